The van der Waals surface area contributed by atoms with Gasteiger partial charge in [-0.05, 0) is 60.2 Å². The van der Waals surface area contributed by atoms with Crippen LogP contribution in [-0.4, -0.2) is 34.1 Å². The molecule has 40 heavy (non-hydrogen) atoms. The van der Waals surface area contributed by atoms with Gasteiger partial charge < -0.3 is 14.7 Å². The number of benzene rings is 3. The quantitative estimate of drug-likeness (QED) is 0.313. The Kier molecular flexibility index (Phi) is 7.32. The van der Waals surface area contributed by atoms with Gasteiger partial charge in [-0.3, -0.25) is 14.4 Å². The van der Waals surface area contributed by atoms with Crippen molar-refractivity contribution in [2.24, 2.45) is 0 Å². The molecule has 1 aliphatic heterocycles. The lowest BCUT2D eigenvalue weighted by Crippen LogP contribution is -2.40. The Hall–Kier alpha value is -3.71. The number of hydrogen-bond donors (Lipinski definition) is 1. The predicted molar refractivity (Wildman–Crippen MR) is 156 cm³/mol. The van der Waals surface area contributed by atoms with Gasteiger partial charge in [-0.25, -0.2) is 0 Å². The van der Waals surface area contributed by atoms with Gasteiger partial charge in [0, 0.05) is 57.9 Å². The van der Waals surface area contributed by atoms with E-state index in [1.807, 2.05) is 65.6 Å². The number of halogens is 1. The van der Waals surface area contributed by atoms with Crippen molar-refractivity contribution in [1.29, 1.82) is 0 Å². The van der Waals surface area contributed by atoms with Gasteiger partial charge in [0.2, 0.25) is 0 Å². The standard InChI is InChI=1S/C33H30BrNO5/c34-22-14-11-20(12-15-22)19-40-28-16-13-21-5-1-2-6-23(21)30(28)33-31-24(7-3-9-26(31)36)35(18-17-29(38)39)25-8-4-10-27(37)32(25)33/h1-2,5-6,11-16,33H,3-4,7-10,17-19H2,(H,38,39). The van der Waals surface area contributed by atoms with E-state index in [1.165, 1.54) is 0 Å². The van der Waals surface area contributed by atoms with Crippen molar-refractivity contribution in [3.8, 4) is 5.75 Å². The van der Waals surface area contributed by atoms with Crippen molar-refractivity contribution in [3.63, 3.8) is 0 Å². The van der Waals surface area contributed by atoms with Gasteiger partial charge in [0.25, 0.3) is 0 Å². The molecule has 6 nitrogen and oxygen atoms in total. The minimum absolute atomic E-state index is 0.0308. The Bertz CT molecular complexity index is 1540. The number of carbonyl (C=O) groups is 3. The van der Waals surface area contributed by atoms with E-state index in [2.05, 4.69) is 15.9 Å². The number of carbonyl (C=O) groups excluding carboxylic acids is 2. The molecule has 1 heterocycles. The number of carboxylic acids is 1. The molecule has 3 aliphatic rings. The summed E-state index contributed by atoms with van der Waals surface area (Å²) >= 11 is 3.48. The number of carboxylic acid groups (broad SMARTS) is 1. The molecule has 3 aromatic rings. The number of hydrogen-bond acceptors (Lipinski definition) is 5. The fourth-order valence-corrected chi connectivity index (χ4v) is 6.69. The maximum Gasteiger partial charge on any atom is 0.305 e. The van der Waals surface area contributed by atoms with E-state index < -0.39 is 11.9 Å². The van der Waals surface area contributed by atoms with Crippen molar-refractivity contribution in [2.75, 3.05) is 6.54 Å². The zero-order valence-corrected chi connectivity index (χ0v) is 23.7. The molecule has 1 N–H and O–H groups in total. The Labute approximate surface area is 241 Å². The van der Waals surface area contributed by atoms with E-state index in [0.717, 1.165) is 37.8 Å². The van der Waals surface area contributed by atoms with Crippen LogP contribution < -0.4 is 4.74 Å². The first-order valence-electron chi connectivity index (χ1n) is 13.8. The summed E-state index contributed by atoms with van der Waals surface area (Å²) in [5.74, 6) is -0.723. The zero-order valence-electron chi connectivity index (χ0n) is 22.1. The molecule has 6 rings (SSSR count). The summed E-state index contributed by atoms with van der Waals surface area (Å²) in [4.78, 5) is 41.1. The largest absolute Gasteiger partial charge is 0.489 e. The molecule has 3 aromatic carbocycles. The highest BCUT2D eigenvalue weighted by Gasteiger charge is 2.44. The molecule has 0 spiro atoms. The lowest BCUT2D eigenvalue weighted by molar-refractivity contribution is -0.137. The maximum absolute atomic E-state index is 13.8. The first-order chi connectivity index (χ1) is 19.4. The van der Waals surface area contributed by atoms with Crippen molar-refractivity contribution < 1.29 is 24.2 Å². The fraction of sp³-hybridized carbons (Fsp3) is 0.303. The molecule has 2 aliphatic carbocycles. The second-order valence-corrected chi connectivity index (χ2v) is 11.5. The van der Waals surface area contributed by atoms with Crippen molar-refractivity contribution in [1.82, 2.24) is 4.90 Å². The Morgan fingerprint density at radius 2 is 1.52 bits per heavy atom. The van der Waals surface area contributed by atoms with E-state index in [9.17, 15) is 19.5 Å². The Morgan fingerprint density at radius 1 is 0.875 bits per heavy atom. The summed E-state index contributed by atoms with van der Waals surface area (Å²) in [5.41, 5.74) is 4.88. The van der Waals surface area contributed by atoms with Gasteiger partial charge in [-0.2, -0.15) is 0 Å². The molecule has 7 heteroatoms. The van der Waals surface area contributed by atoms with Crippen molar-refractivity contribution >= 4 is 44.2 Å². The van der Waals surface area contributed by atoms with Crippen molar-refractivity contribution in [2.45, 2.75) is 57.5 Å². The number of ketones is 2. The highest BCUT2D eigenvalue weighted by Crippen LogP contribution is 2.52. The minimum atomic E-state index is -0.895. The smallest absolute Gasteiger partial charge is 0.305 e. The number of Topliss-reactive ketones (excluding diaryl/α,β-unsaturated/α-hetero) is 2. The zero-order chi connectivity index (χ0) is 27.8. The van der Waals surface area contributed by atoms with E-state index in [-0.39, 0.29) is 24.5 Å². The molecule has 0 saturated heterocycles. The number of fused-ring (bicyclic) bond motifs is 1. The first-order valence-corrected chi connectivity index (χ1v) is 14.6. The van der Waals surface area contributed by atoms with Crippen LogP contribution in [-0.2, 0) is 21.0 Å². The molecular formula is C33H30BrNO5. The number of allylic oxidation sites excluding steroid dienone is 4. The molecule has 0 unspecified atom stereocenters. The predicted octanol–water partition coefficient (Wildman–Crippen LogP) is 7.07. The lowest BCUT2D eigenvalue weighted by Gasteiger charge is -2.44. The van der Waals surface area contributed by atoms with Crippen LogP contribution in [0.15, 0.2) is 87.7 Å². The summed E-state index contributed by atoms with van der Waals surface area (Å²) in [6, 6.07) is 20.0. The third-order valence-electron chi connectivity index (χ3n) is 8.16. The van der Waals surface area contributed by atoms with Crippen LogP contribution in [0.4, 0.5) is 0 Å². The van der Waals surface area contributed by atoms with Crippen LogP contribution in [0.2, 0.25) is 0 Å². The number of ether oxygens (including phenoxy) is 1. The molecule has 0 bridgehead atoms. The van der Waals surface area contributed by atoms with E-state index in [1.54, 1.807) is 0 Å². The lowest BCUT2D eigenvalue weighted by atomic mass is 9.70. The minimum Gasteiger partial charge on any atom is -0.489 e. The van der Waals surface area contributed by atoms with Gasteiger partial charge in [0.1, 0.15) is 12.4 Å². The fourth-order valence-electron chi connectivity index (χ4n) is 6.42. The summed E-state index contributed by atoms with van der Waals surface area (Å²) in [7, 11) is 0. The van der Waals surface area contributed by atoms with Gasteiger partial charge in [-0.1, -0.05) is 58.4 Å². The Morgan fingerprint density at radius 3 is 2.17 bits per heavy atom. The van der Waals surface area contributed by atoms with Crippen LogP contribution in [0.25, 0.3) is 10.8 Å². The van der Waals surface area contributed by atoms with E-state index in [0.29, 0.717) is 62.0 Å². The monoisotopic (exact) mass is 599 g/mol. The summed E-state index contributed by atoms with van der Waals surface area (Å²) in [6.07, 6.45) is 3.57. The van der Waals surface area contributed by atoms with Gasteiger partial charge >= 0.3 is 5.97 Å². The first kappa shape index (κ1) is 26.5. The van der Waals surface area contributed by atoms with Crippen LogP contribution in [0.5, 0.6) is 5.75 Å². The third kappa shape index (κ3) is 4.87. The second-order valence-electron chi connectivity index (χ2n) is 10.6. The molecule has 0 aromatic heterocycles. The average molecular weight is 601 g/mol. The highest BCUT2D eigenvalue weighted by molar-refractivity contribution is 9.10. The molecule has 0 atom stereocenters. The molecule has 0 saturated carbocycles. The molecular weight excluding hydrogens is 570 g/mol. The number of aliphatic carboxylic acids is 1. The SMILES string of the molecule is O=C(O)CCN1C2=C(C(=O)CCC2)C(c2c(OCc3ccc(Br)cc3)ccc3ccccc23)C2=C1CCCC2=O. The Balaban J connectivity index is 1.56. The number of rotatable bonds is 7. The summed E-state index contributed by atoms with van der Waals surface area (Å²) in [5, 5.41) is 11.4. The summed E-state index contributed by atoms with van der Waals surface area (Å²) < 4.78 is 7.47. The van der Waals surface area contributed by atoms with Gasteiger partial charge in [0.15, 0.2) is 11.6 Å². The maximum atomic E-state index is 13.8. The van der Waals surface area contributed by atoms with Crippen LogP contribution >= 0.6 is 15.9 Å². The van der Waals surface area contributed by atoms with Crippen LogP contribution in [0.3, 0.4) is 0 Å². The van der Waals surface area contributed by atoms with Crippen LogP contribution in [0, 0.1) is 0 Å². The number of nitrogens with zero attached hydrogens (tertiary/aromatic N) is 1. The average Bonchev–Trinajstić information content (AvgIpc) is 2.95. The summed E-state index contributed by atoms with van der Waals surface area (Å²) in [6.45, 7) is 0.596. The molecule has 0 radical (unpaired) electrons. The topological polar surface area (TPSA) is 83.9 Å². The van der Waals surface area contributed by atoms with E-state index >= 15 is 0 Å². The molecule has 0 fully saturated rings. The van der Waals surface area contributed by atoms with Gasteiger partial charge in [-0.15, -0.1) is 0 Å². The third-order valence-corrected chi connectivity index (χ3v) is 8.69. The second kappa shape index (κ2) is 11.0. The van der Waals surface area contributed by atoms with E-state index in [4.69, 9.17) is 4.74 Å². The van der Waals surface area contributed by atoms with Gasteiger partial charge in [0.05, 0.1) is 6.42 Å². The van der Waals surface area contributed by atoms with Crippen molar-refractivity contribution in [3.05, 3.63) is 98.8 Å². The van der Waals surface area contributed by atoms with Crippen LogP contribution in [0.1, 0.15) is 62.0 Å². The highest BCUT2D eigenvalue weighted by atomic mass is 79.9. The molecule has 204 valence electrons. The normalized spacial score (nSPS) is 17.8. The molecule has 0 amide bonds.